The molecule has 150 valence electrons. The second kappa shape index (κ2) is 10.3. The number of carbonyl (C=O) groups excluding carboxylic acids is 2. The van der Waals surface area contributed by atoms with E-state index >= 15 is 0 Å². The molecule has 0 bridgehead atoms. The Morgan fingerprint density at radius 1 is 1.00 bits per heavy atom. The number of hydrogen-bond acceptors (Lipinski definition) is 7. The maximum absolute atomic E-state index is 12.0. The quantitative estimate of drug-likeness (QED) is 0.285. The van der Waals surface area contributed by atoms with Crippen molar-refractivity contribution in [2.24, 2.45) is 5.10 Å². The van der Waals surface area contributed by atoms with Crippen molar-refractivity contribution < 1.29 is 19.4 Å². The third-order valence-electron chi connectivity index (χ3n) is 3.69. The van der Waals surface area contributed by atoms with Crippen LogP contribution in [0, 0.1) is 20.2 Å². The van der Waals surface area contributed by atoms with Gasteiger partial charge < -0.3 is 5.32 Å². The first-order valence-corrected chi connectivity index (χ1v) is 8.46. The molecule has 0 heterocycles. The Hall–Kier alpha value is -4.15. The lowest BCUT2D eigenvalue weighted by Gasteiger charge is -2.05. The van der Waals surface area contributed by atoms with Crippen molar-refractivity contribution in [2.75, 3.05) is 6.54 Å². The molecule has 0 atom stereocenters. The normalized spacial score (nSPS) is 10.5. The molecule has 2 aromatic rings. The van der Waals surface area contributed by atoms with Crippen LogP contribution < -0.4 is 10.7 Å². The van der Waals surface area contributed by atoms with Crippen LogP contribution in [0.15, 0.2) is 53.6 Å². The van der Waals surface area contributed by atoms with E-state index in [1.807, 2.05) is 0 Å². The van der Waals surface area contributed by atoms with E-state index in [4.69, 9.17) is 0 Å². The van der Waals surface area contributed by atoms with Crippen LogP contribution in [-0.4, -0.2) is 34.4 Å². The second-order valence-corrected chi connectivity index (χ2v) is 5.81. The fourth-order valence-electron chi connectivity index (χ4n) is 2.23. The van der Waals surface area contributed by atoms with Crippen molar-refractivity contribution in [2.45, 2.75) is 12.8 Å². The van der Waals surface area contributed by atoms with Crippen molar-refractivity contribution in [1.29, 1.82) is 0 Å². The molecular weight excluding hydrogens is 382 g/mol. The molecule has 11 heteroatoms. The van der Waals surface area contributed by atoms with E-state index in [1.54, 1.807) is 0 Å². The first kappa shape index (κ1) is 21.2. The lowest BCUT2D eigenvalue weighted by Crippen LogP contribution is -2.26. The van der Waals surface area contributed by atoms with Gasteiger partial charge in [-0.05, 0) is 30.2 Å². The van der Waals surface area contributed by atoms with E-state index in [2.05, 4.69) is 15.8 Å². The summed E-state index contributed by atoms with van der Waals surface area (Å²) in [7, 11) is 0. The molecule has 2 aromatic carbocycles. The number of carbonyl (C=O) groups is 2. The summed E-state index contributed by atoms with van der Waals surface area (Å²) in [5.41, 5.74) is 2.84. The highest BCUT2D eigenvalue weighted by atomic mass is 16.6. The van der Waals surface area contributed by atoms with E-state index in [-0.39, 0.29) is 35.8 Å². The second-order valence-electron chi connectivity index (χ2n) is 5.81. The predicted molar refractivity (Wildman–Crippen MR) is 103 cm³/mol. The van der Waals surface area contributed by atoms with Gasteiger partial charge in [0.1, 0.15) is 0 Å². The number of nitrogens with zero attached hydrogens (tertiary/aromatic N) is 3. The largest absolute Gasteiger partial charge is 0.352 e. The molecule has 2 amide bonds. The van der Waals surface area contributed by atoms with E-state index in [1.165, 1.54) is 54.7 Å². The van der Waals surface area contributed by atoms with Crippen molar-refractivity contribution in [3.63, 3.8) is 0 Å². The maximum Gasteiger partial charge on any atom is 0.270 e. The molecule has 29 heavy (non-hydrogen) atoms. The van der Waals surface area contributed by atoms with Crippen molar-refractivity contribution >= 4 is 29.4 Å². The van der Waals surface area contributed by atoms with E-state index < -0.39 is 15.8 Å². The van der Waals surface area contributed by atoms with Gasteiger partial charge in [0.05, 0.1) is 16.1 Å². The number of nitro benzene ring substituents is 2. The van der Waals surface area contributed by atoms with Crippen LogP contribution in [0.4, 0.5) is 11.4 Å². The van der Waals surface area contributed by atoms with Gasteiger partial charge in [-0.25, -0.2) is 5.43 Å². The molecule has 0 saturated heterocycles. The summed E-state index contributed by atoms with van der Waals surface area (Å²) >= 11 is 0. The van der Waals surface area contributed by atoms with Crippen LogP contribution in [0.2, 0.25) is 0 Å². The van der Waals surface area contributed by atoms with Gasteiger partial charge in [-0.15, -0.1) is 0 Å². The van der Waals surface area contributed by atoms with Crippen LogP contribution in [0.25, 0.3) is 0 Å². The monoisotopic (exact) mass is 399 g/mol. The van der Waals surface area contributed by atoms with Gasteiger partial charge in [-0.2, -0.15) is 5.10 Å². The summed E-state index contributed by atoms with van der Waals surface area (Å²) in [6.07, 6.45) is 1.80. The molecular formula is C18H17N5O6. The molecule has 0 unspecified atom stereocenters. The topological polar surface area (TPSA) is 157 Å². The summed E-state index contributed by atoms with van der Waals surface area (Å²) in [5.74, 6) is -0.835. The van der Waals surface area contributed by atoms with Crippen molar-refractivity contribution in [3.05, 3.63) is 79.9 Å². The highest BCUT2D eigenvalue weighted by Crippen LogP contribution is 2.13. The molecule has 0 aliphatic rings. The Morgan fingerprint density at radius 3 is 2.34 bits per heavy atom. The molecule has 0 aromatic heterocycles. The Bertz CT molecular complexity index is 942. The maximum atomic E-state index is 12.0. The zero-order valence-corrected chi connectivity index (χ0v) is 15.1. The minimum absolute atomic E-state index is 0.0432. The average Bonchev–Trinajstić information content (AvgIpc) is 2.71. The molecule has 0 aliphatic heterocycles. The van der Waals surface area contributed by atoms with E-state index in [9.17, 15) is 29.8 Å². The molecule has 0 spiro atoms. The third kappa shape index (κ3) is 6.82. The Balaban J connectivity index is 1.70. The van der Waals surface area contributed by atoms with Crippen LogP contribution in [0.1, 0.15) is 28.8 Å². The number of benzene rings is 2. The van der Waals surface area contributed by atoms with E-state index in [0.29, 0.717) is 12.0 Å². The number of hydrazone groups is 1. The van der Waals surface area contributed by atoms with Gasteiger partial charge >= 0.3 is 0 Å². The fourth-order valence-corrected chi connectivity index (χ4v) is 2.23. The van der Waals surface area contributed by atoms with Crippen molar-refractivity contribution in [1.82, 2.24) is 10.7 Å². The Kier molecular flexibility index (Phi) is 7.48. The summed E-state index contributed by atoms with van der Waals surface area (Å²) in [6, 6.07) is 11.0. The van der Waals surface area contributed by atoms with Crippen LogP contribution in [0.5, 0.6) is 0 Å². The molecule has 11 nitrogen and oxygen atoms in total. The first-order chi connectivity index (χ1) is 13.9. The van der Waals surface area contributed by atoms with Crippen molar-refractivity contribution in [3.8, 4) is 0 Å². The molecule has 0 fully saturated rings. The molecule has 0 aliphatic carbocycles. The predicted octanol–water partition coefficient (Wildman–Crippen LogP) is 2.16. The molecule has 0 saturated carbocycles. The highest BCUT2D eigenvalue weighted by Gasteiger charge is 2.11. The SMILES string of the molecule is O=C(CCCNC(=O)c1cccc([N+](=O)[O-])c1)N/N=C/c1ccc([N+](=O)[O-])cc1. The van der Waals surface area contributed by atoms with E-state index in [0.717, 1.165) is 0 Å². The first-order valence-electron chi connectivity index (χ1n) is 8.46. The standard InChI is InChI=1S/C18H17N5O6/c24-17(21-20-12-13-6-8-15(9-7-13)22(26)27)5-2-10-19-18(25)14-3-1-4-16(11-14)23(28)29/h1,3-4,6-9,11-12H,2,5,10H2,(H,19,25)(H,21,24)/b20-12+. The smallest absolute Gasteiger partial charge is 0.270 e. The van der Waals surface area contributed by atoms with Gasteiger partial charge in [0, 0.05) is 42.8 Å². The summed E-state index contributed by atoms with van der Waals surface area (Å²) in [4.78, 5) is 43.9. The number of non-ortho nitro benzene ring substituents is 2. The summed E-state index contributed by atoms with van der Waals surface area (Å²) < 4.78 is 0. The number of rotatable bonds is 9. The zero-order chi connectivity index (χ0) is 21.2. The average molecular weight is 399 g/mol. The van der Waals surface area contributed by atoms with Gasteiger partial charge in [-0.1, -0.05) is 6.07 Å². The number of amides is 2. The number of nitrogens with one attached hydrogen (secondary N) is 2. The Morgan fingerprint density at radius 2 is 1.69 bits per heavy atom. The minimum Gasteiger partial charge on any atom is -0.352 e. The van der Waals surface area contributed by atoms with Crippen LogP contribution in [0.3, 0.4) is 0 Å². The summed E-state index contributed by atoms with van der Waals surface area (Å²) in [5, 5.41) is 27.6. The highest BCUT2D eigenvalue weighted by molar-refractivity contribution is 5.94. The summed E-state index contributed by atoms with van der Waals surface area (Å²) in [6.45, 7) is 0.209. The lowest BCUT2D eigenvalue weighted by atomic mass is 10.2. The van der Waals surface area contributed by atoms with Gasteiger partial charge in [0.15, 0.2) is 0 Å². The third-order valence-corrected chi connectivity index (χ3v) is 3.69. The molecule has 2 rings (SSSR count). The van der Waals surface area contributed by atoms with Crippen LogP contribution in [-0.2, 0) is 4.79 Å². The van der Waals surface area contributed by atoms with Gasteiger partial charge in [0.2, 0.25) is 5.91 Å². The van der Waals surface area contributed by atoms with Gasteiger partial charge in [0.25, 0.3) is 17.3 Å². The zero-order valence-electron chi connectivity index (χ0n) is 15.1. The van der Waals surface area contributed by atoms with Gasteiger partial charge in [-0.3, -0.25) is 29.8 Å². The fraction of sp³-hybridized carbons (Fsp3) is 0.167. The lowest BCUT2D eigenvalue weighted by molar-refractivity contribution is -0.385. The molecule has 2 N–H and O–H groups in total. The number of nitro groups is 2. The minimum atomic E-state index is -0.585. The molecule has 0 radical (unpaired) electrons. The van der Waals surface area contributed by atoms with Crippen LogP contribution >= 0.6 is 0 Å². The Labute approximate surface area is 164 Å². The number of hydrogen-bond donors (Lipinski definition) is 2.